The number of benzene rings is 2. The van der Waals surface area contributed by atoms with E-state index in [1.54, 1.807) is 11.9 Å². The smallest absolute Gasteiger partial charge is 0.251 e. The number of para-hydroxylation sites is 1. The Hall–Kier alpha value is -2.66. The van der Waals surface area contributed by atoms with Gasteiger partial charge in [-0.25, -0.2) is 0 Å². The molecule has 1 N–H and O–H groups in total. The van der Waals surface area contributed by atoms with Crippen molar-refractivity contribution < 1.29 is 4.79 Å². The number of thiocarbonyl (C=S) groups is 1. The predicted molar refractivity (Wildman–Crippen MR) is 106 cm³/mol. The third-order valence-electron chi connectivity index (χ3n) is 5.65. The van der Waals surface area contributed by atoms with Crippen molar-refractivity contribution in [3.8, 4) is 0 Å². The van der Waals surface area contributed by atoms with Crippen LogP contribution in [0.4, 0.5) is 0 Å². The van der Waals surface area contributed by atoms with Crippen LogP contribution in [-0.2, 0) is 11.2 Å². The lowest BCUT2D eigenvalue weighted by Gasteiger charge is -2.37. The molecule has 0 radical (unpaired) electrons. The van der Waals surface area contributed by atoms with Gasteiger partial charge in [-0.15, -0.1) is 0 Å². The topological polar surface area (TPSA) is 39.3 Å². The molecule has 2 aliphatic heterocycles. The van der Waals surface area contributed by atoms with Gasteiger partial charge < -0.3 is 9.88 Å². The molecule has 2 aromatic carbocycles. The highest BCUT2D eigenvalue weighted by molar-refractivity contribution is 7.80. The van der Waals surface area contributed by atoms with Crippen LogP contribution < -0.4 is 0 Å². The highest BCUT2D eigenvalue weighted by Crippen LogP contribution is 2.43. The van der Waals surface area contributed by atoms with E-state index in [0.717, 1.165) is 16.8 Å². The average Bonchev–Trinajstić information content (AvgIpc) is 3.13. The number of likely N-dealkylation sites (N-methyl/N-ethyl adjacent to an activating group) is 1. The maximum atomic E-state index is 12.8. The van der Waals surface area contributed by atoms with Gasteiger partial charge >= 0.3 is 0 Å². The van der Waals surface area contributed by atoms with Crippen LogP contribution in [0.3, 0.4) is 0 Å². The summed E-state index contributed by atoms with van der Waals surface area (Å²) in [5.74, 6) is 0.0862. The molecule has 1 saturated heterocycles. The zero-order chi connectivity index (χ0) is 18.0. The van der Waals surface area contributed by atoms with Gasteiger partial charge in [-0.3, -0.25) is 9.69 Å². The first-order chi connectivity index (χ1) is 12.6. The highest BCUT2D eigenvalue weighted by Gasteiger charge is 2.49. The number of hydrogen-bond donors (Lipinski definition) is 1. The number of fused-ring (bicyclic) bond motifs is 4. The average molecular weight is 361 g/mol. The van der Waals surface area contributed by atoms with E-state index in [1.807, 2.05) is 6.07 Å². The molecule has 130 valence electrons. The van der Waals surface area contributed by atoms with Crippen LogP contribution in [-0.4, -0.2) is 38.9 Å². The molecule has 1 fully saturated rings. The molecule has 3 heterocycles. The number of hydrogen-bond acceptors (Lipinski definition) is 2. The van der Waals surface area contributed by atoms with Crippen molar-refractivity contribution in [1.82, 2.24) is 14.8 Å². The summed E-state index contributed by atoms with van der Waals surface area (Å²) in [6.45, 7) is 2.08. The summed E-state index contributed by atoms with van der Waals surface area (Å²) >= 11 is 5.65. The van der Waals surface area contributed by atoms with Crippen molar-refractivity contribution in [1.29, 1.82) is 0 Å². The zero-order valence-electron chi connectivity index (χ0n) is 14.7. The molecule has 3 aromatic rings. The number of aromatic nitrogens is 1. The Kier molecular flexibility index (Phi) is 3.25. The zero-order valence-corrected chi connectivity index (χ0v) is 15.5. The summed E-state index contributed by atoms with van der Waals surface area (Å²) < 4.78 is 0. The second-order valence-corrected chi connectivity index (χ2v) is 7.55. The van der Waals surface area contributed by atoms with E-state index in [1.165, 1.54) is 16.5 Å². The lowest BCUT2D eigenvalue weighted by Crippen LogP contribution is -2.44. The lowest BCUT2D eigenvalue weighted by atomic mass is 9.88. The second-order valence-electron chi connectivity index (χ2n) is 7.18. The van der Waals surface area contributed by atoms with E-state index >= 15 is 0 Å². The molecule has 5 rings (SSSR count). The van der Waals surface area contributed by atoms with Gasteiger partial charge in [-0.05, 0) is 36.3 Å². The van der Waals surface area contributed by atoms with Crippen LogP contribution in [0, 0.1) is 6.92 Å². The van der Waals surface area contributed by atoms with E-state index in [9.17, 15) is 4.79 Å². The SMILES string of the molecule is Cc1ccc(C2c3[nH]c4ccccc4c3CC3C(=O)N(C)C(=S)N32)cc1. The number of aromatic amines is 1. The normalized spacial score (nSPS) is 22.1. The first kappa shape index (κ1) is 15.6. The Labute approximate surface area is 157 Å². The van der Waals surface area contributed by atoms with Crippen molar-refractivity contribution in [3.05, 3.63) is 70.9 Å². The number of carbonyl (C=O) groups is 1. The molecule has 0 aliphatic carbocycles. The molecule has 2 unspecified atom stereocenters. The largest absolute Gasteiger partial charge is 0.356 e. The second kappa shape index (κ2) is 5.42. The molecular weight excluding hydrogens is 342 g/mol. The van der Waals surface area contributed by atoms with Crippen LogP contribution in [0.2, 0.25) is 0 Å². The molecule has 0 spiro atoms. The van der Waals surface area contributed by atoms with Crippen molar-refractivity contribution in [2.45, 2.75) is 25.4 Å². The number of nitrogens with one attached hydrogen (secondary N) is 1. The van der Waals surface area contributed by atoms with Crippen molar-refractivity contribution in [2.24, 2.45) is 0 Å². The molecule has 0 saturated carbocycles. The molecule has 0 bridgehead atoms. The van der Waals surface area contributed by atoms with Crippen molar-refractivity contribution in [2.75, 3.05) is 7.05 Å². The summed E-state index contributed by atoms with van der Waals surface area (Å²) in [7, 11) is 1.78. The Bertz CT molecular complexity index is 1050. The molecule has 2 atom stereocenters. The number of H-pyrrole nitrogens is 1. The summed E-state index contributed by atoms with van der Waals surface area (Å²) in [5.41, 5.74) is 5.87. The third kappa shape index (κ3) is 2.01. The van der Waals surface area contributed by atoms with Crippen molar-refractivity contribution in [3.63, 3.8) is 0 Å². The number of rotatable bonds is 1. The molecule has 1 aromatic heterocycles. The van der Waals surface area contributed by atoms with E-state index in [4.69, 9.17) is 12.2 Å². The van der Waals surface area contributed by atoms with E-state index in [-0.39, 0.29) is 18.0 Å². The van der Waals surface area contributed by atoms with Crippen LogP contribution in [0.5, 0.6) is 0 Å². The van der Waals surface area contributed by atoms with Gasteiger partial charge in [0.2, 0.25) is 0 Å². The van der Waals surface area contributed by atoms with Crippen molar-refractivity contribution >= 4 is 34.1 Å². The molecule has 2 aliphatic rings. The quantitative estimate of drug-likeness (QED) is 0.674. The van der Waals surface area contributed by atoms with Gasteiger partial charge in [0.25, 0.3) is 5.91 Å². The standard InChI is InChI=1S/C21H19N3OS/c1-12-7-9-13(10-8-12)19-18-15(14-5-3-4-6-16(14)22-18)11-17-20(25)23(2)21(26)24(17)19/h3-10,17,19,22H,11H2,1-2H3. The predicted octanol–water partition coefficient (Wildman–Crippen LogP) is 3.55. The molecule has 4 nitrogen and oxygen atoms in total. The Morgan fingerprint density at radius 3 is 2.62 bits per heavy atom. The van der Waals surface area contributed by atoms with E-state index < -0.39 is 0 Å². The fourth-order valence-electron chi connectivity index (χ4n) is 4.30. The minimum atomic E-state index is -0.231. The summed E-state index contributed by atoms with van der Waals surface area (Å²) in [5, 5.41) is 1.81. The molecule has 26 heavy (non-hydrogen) atoms. The Morgan fingerprint density at radius 2 is 1.85 bits per heavy atom. The van der Waals surface area contributed by atoms with Gasteiger partial charge in [0, 0.05) is 30.1 Å². The minimum absolute atomic E-state index is 0.0712. The Balaban J connectivity index is 1.77. The maximum absolute atomic E-state index is 12.8. The molecule has 5 heteroatoms. The maximum Gasteiger partial charge on any atom is 0.251 e. The van der Waals surface area contributed by atoms with Gasteiger partial charge in [-0.2, -0.15) is 0 Å². The molecule has 1 amide bonds. The third-order valence-corrected chi connectivity index (χ3v) is 6.13. The van der Waals surface area contributed by atoms with Gasteiger partial charge in [0.1, 0.15) is 6.04 Å². The summed E-state index contributed by atoms with van der Waals surface area (Å²) in [4.78, 5) is 20.2. The number of nitrogens with zero attached hydrogens (tertiary/aromatic N) is 2. The van der Waals surface area contributed by atoms with Gasteiger partial charge in [0.15, 0.2) is 5.11 Å². The van der Waals surface area contributed by atoms with Gasteiger partial charge in [0.05, 0.1) is 6.04 Å². The highest BCUT2D eigenvalue weighted by atomic mass is 32.1. The summed E-state index contributed by atoms with van der Waals surface area (Å²) in [6.07, 6.45) is 0.686. The van der Waals surface area contributed by atoms with Crippen LogP contribution in [0.15, 0.2) is 48.5 Å². The fraction of sp³-hybridized carbons (Fsp3) is 0.238. The van der Waals surface area contributed by atoms with Crippen LogP contribution in [0.25, 0.3) is 10.9 Å². The summed E-state index contributed by atoms with van der Waals surface area (Å²) in [6, 6.07) is 16.5. The minimum Gasteiger partial charge on any atom is -0.356 e. The van der Waals surface area contributed by atoms with Crippen LogP contribution in [0.1, 0.15) is 28.4 Å². The Morgan fingerprint density at radius 1 is 1.12 bits per heavy atom. The number of aryl methyl sites for hydroxylation is 1. The molecular formula is C21H19N3OS. The number of carbonyl (C=O) groups excluding carboxylic acids is 1. The number of amides is 1. The van der Waals surface area contributed by atoms with E-state index in [2.05, 4.69) is 59.3 Å². The van der Waals surface area contributed by atoms with E-state index in [0.29, 0.717) is 11.5 Å². The fourth-order valence-corrected chi connectivity index (χ4v) is 4.62. The monoisotopic (exact) mass is 361 g/mol. The lowest BCUT2D eigenvalue weighted by molar-refractivity contribution is -0.127. The van der Waals surface area contributed by atoms with Gasteiger partial charge in [-0.1, -0.05) is 48.0 Å². The van der Waals surface area contributed by atoms with Crippen LogP contribution >= 0.6 is 12.2 Å². The first-order valence-electron chi connectivity index (χ1n) is 8.82. The first-order valence-corrected chi connectivity index (χ1v) is 9.23.